The van der Waals surface area contributed by atoms with Crippen molar-refractivity contribution in [1.82, 2.24) is 15.6 Å². The first-order valence-corrected chi connectivity index (χ1v) is 8.21. The predicted molar refractivity (Wildman–Crippen MR) is 76.5 cm³/mol. The molecule has 9 heteroatoms. The number of anilines is 1. The molecule has 0 aliphatic carbocycles. The summed E-state index contributed by atoms with van der Waals surface area (Å²) in [6.45, 7) is -0.208. The van der Waals surface area contributed by atoms with Crippen LogP contribution in [0.2, 0.25) is 0 Å². The summed E-state index contributed by atoms with van der Waals surface area (Å²) in [6, 6.07) is 2.40. The molecule has 3 N–H and O–H groups in total. The number of nitrogens with zero attached hydrogens (tertiary/aromatic N) is 1. The highest BCUT2D eigenvalue weighted by atomic mass is 32.2. The number of hydrogen-bond acceptors (Lipinski definition) is 5. The Kier molecular flexibility index (Phi) is 4.73. The van der Waals surface area contributed by atoms with E-state index < -0.39 is 27.8 Å². The van der Waals surface area contributed by atoms with E-state index in [4.69, 9.17) is 0 Å². The smallest absolute Gasteiger partial charge is 0.315 e. The van der Waals surface area contributed by atoms with Gasteiger partial charge in [-0.05, 0) is 18.6 Å². The lowest BCUT2D eigenvalue weighted by molar-refractivity contribution is -0.115. The summed E-state index contributed by atoms with van der Waals surface area (Å²) in [4.78, 5) is 27.0. The van der Waals surface area contributed by atoms with E-state index in [-0.39, 0.29) is 18.1 Å². The van der Waals surface area contributed by atoms with Crippen LogP contribution in [0.25, 0.3) is 0 Å². The summed E-state index contributed by atoms with van der Waals surface area (Å²) in [5.74, 6) is -0.362. The van der Waals surface area contributed by atoms with Crippen LogP contribution in [0, 0.1) is 0 Å². The second-order valence-electron chi connectivity index (χ2n) is 4.72. The third-order valence-electron chi connectivity index (χ3n) is 2.92. The van der Waals surface area contributed by atoms with Gasteiger partial charge in [-0.1, -0.05) is 0 Å². The second-order valence-corrected chi connectivity index (χ2v) is 6.95. The SMILES string of the molecule is O=C(CNC(=O)N[C@@H]1CCS(=O)(=O)C1)Nc1cccnc1. The standard InChI is InChI=1S/C12H16N4O4S/c17-11(15-9-2-1-4-13-6-9)7-14-12(18)16-10-3-5-21(19,20)8-10/h1-2,4,6,10H,3,5,7-8H2,(H,15,17)(H2,14,16,18)/t10-/m1/s1. The third-order valence-corrected chi connectivity index (χ3v) is 4.69. The van der Waals surface area contributed by atoms with Crippen molar-refractivity contribution in [3.05, 3.63) is 24.5 Å². The highest BCUT2D eigenvalue weighted by Gasteiger charge is 2.28. The van der Waals surface area contributed by atoms with Crippen molar-refractivity contribution in [2.75, 3.05) is 23.4 Å². The second kappa shape index (κ2) is 6.53. The fourth-order valence-corrected chi connectivity index (χ4v) is 3.62. The number of hydrogen-bond donors (Lipinski definition) is 3. The highest BCUT2D eigenvalue weighted by Crippen LogP contribution is 2.10. The number of pyridine rings is 1. The Hall–Kier alpha value is -2.16. The molecule has 8 nitrogen and oxygen atoms in total. The van der Waals surface area contributed by atoms with Crippen LogP contribution in [0.5, 0.6) is 0 Å². The van der Waals surface area contributed by atoms with Crippen LogP contribution in [0.4, 0.5) is 10.5 Å². The van der Waals surface area contributed by atoms with Crippen molar-refractivity contribution in [3.63, 3.8) is 0 Å². The number of carbonyl (C=O) groups excluding carboxylic acids is 2. The first kappa shape index (κ1) is 15.2. The van der Waals surface area contributed by atoms with E-state index in [0.717, 1.165) is 0 Å². The molecule has 0 aromatic carbocycles. The summed E-state index contributed by atoms with van der Waals surface area (Å²) in [5, 5.41) is 7.48. The number of nitrogens with one attached hydrogen (secondary N) is 3. The van der Waals surface area contributed by atoms with E-state index in [2.05, 4.69) is 20.9 Å². The van der Waals surface area contributed by atoms with Gasteiger partial charge in [0.2, 0.25) is 5.91 Å². The average molecular weight is 312 g/mol. The number of urea groups is 1. The lowest BCUT2D eigenvalue weighted by atomic mass is 10.3. The highest BCUT2D eigenvalue weighted by molar-refractivity contribution is 7.91. The minimum absolute atomic E-state index is 0.0533. The summed E-state index contributed by atoms with van der Waals surface area (Å²) in [7, 11) is -3.04. The maximum absolute atomic E-state index is 11.6. The quantitative estimate of drug-likeness (QED) is 0.693. The Balaban J connectivity index is 1.70. The molecule has 0 unspecified atom stereocenters. The zero-order valence-corrected chi connectivity index (χ0v) is 12.0. The van der Waals surface area contributed by atoms with Crippen molar-refractivity contribution in [2.45, 2.75) is 12.5 Å². The number of amides is 3. The van der Waals surface area contributed by atoms with Gasteiger partial charge in [0.15, 0.2) is 9.84 Å². The van der Waals surface area contributed by atoms with Gasteiger partial charge in [-0.2, -0.15) is 0 Å². The minimum Gasteiger partial charge on any atom is -0.334 e. The largest absolute Gasteiger partial charge is 0.334 e. The molecule has 0 spiro atoms. The average Bonchev–Trinajstić information content (AvgIpc) is 2.77. The Labute approximate surface area is 122 Å². The molecule has 114 valence electrons. The molecule has 0 bridgehead atoms. The lowest BCUT2D eigenvalue weighted by Crippen LogP contribution is -2.45. The van der Waals surface area contributed by atoms with E-state index in [9.17, 15) is 18.0 Å². The molecule has 3 amide bonds. The monoisotopic (exact) mass is 312 g/mol. The first-order valence-electron chi connectivity index (χ1n) is 6.39. The van der Waals surface area contributed by atoms with Crippen LogP contribution in [0.3, 0.4) is 0 Å². The maximum atomic E-state index is 11.6. The Bertz CT molecular complexity index is 617. The van der Waals surface area contributed by atoms with Gasteiger partial charge in [0.1, 0.15) is 0 Å². The lowest BCUT2D eigenvalue weighted by Gasteiger charge is -2.12. The molecule has 1 saturated heterocycles. The zero-order chi connectivity index (χ0) is 15.3. The summed E-state index contributed by atoms with van der Waals surface area (Å²) < 4.78 is 22.5. The van der Waals surface area contributed by atoms with Gasteiger partial charge in [0.05, 0.1) is 29.9 Å². The van der Waals surface area contributed by atoms with Crippen LogP contribution in [0.15, 0.2) is 24.5 Å². The molecule has 1 aliphatic heterocycles. The van der Waals surface area contributed by atoms with Gasteiger partial charge in [0.25, 0.3) is 0 Å². The van der Waals surface area contributed by atoms with Crippen LogP contribution in [0.1, 0.15) is 6.42 Å². The summed E-state index contributed by atoms with van der Waals surface area (Å²) in [5.41, 5.74) is 0.534. The van der Waals surface area contributed by atoms with E-state index in [1.807, 2.05) is 0 Å². The first-order chi connectivity index (χ1) is 9.94. The van der Waals surface area contributed by atoms with E-state index in [1.54, 1.807) is 18.3 Å². The van der Waals surface area contributed by atoms with Crippen molar-refractivity contribution >= 4 is 27.5 Å². The molecule has 0 radical (unpaired) electrons. The fraction of sp³-hybridized carbons (Fsp3) is 0.417. The zero-order valence-electron chi connectivity index (χ0n) is 11.2. The molecule has 1 fully saturated rings. The summed E-state index contributed by atoms with van der Waals surface area (Å²) in [6.07, 6.45) is 3.47. The van der Waals surface area contributed by atoms with Gasteiger partial charge in [0, 0.05) is 12.2 Å². The Morgan fingerprint density at radius 3 is 2.81 bits per heavy atom. The van der Waals surface area contributed by atoms with Crippen LogP contribution < -0.4 is 16.0 Å². The van der Waals surface area contributed by atoms with E-state index >= 15 is 0 Å². The molecule has 0 saturated carbocycles. The molecular formula is C12H16N4O4S. The number of aromatic nitrogens is 1. The number of rotatable bonds is 4. The Morgan fingerprint density at radius 2 is 2.19 bits per heavy atom. The molecule has 2 heterocycles. The van der Waals surface area contributed by atoms with Gasteiger partial charge >= 0.3 is 6.03 Å². The fourth-order valence-electron chi connectivity index (χ4n) is 1.95. The van der Waals surface area contributed by atoms with Crippen molar-refractivity contribution in [1.29, 1.82) is 0 Å². The molecular weight excluding hydrogens is 296 g/mol. The van der Waals surface area contributed by atoms with Gasteiger partial charge < -0.3 is 16.0 Å². The molecule has 2 rings (SSSR count). The van der Waals surface area contributed by atoms with Crippen molar-refractivity contribution < 1.29 is 18.0 Å². The normalized spacial score (nSPS) is 19.7. The predicted octanol–water partition coefficient (Wildman–Crippen LogP) is -0.494. The molecule has 1 atom stereocenters. The number of sulfone groups is 1. The van der Waals surface area contributed by atoms with Gasteiger partial charge in [-0.25, -0.2) is 13.2 Å². The van der Waals surface area contributed by atoms with E-state index in [1.165, 1.54) is 6.20 Å². The van der Waals surface area contributed by atoms with Gasteiger partial charge in [-0.3, -0.25) is 9.78 Å². The molecule has 1 aromatic heterocycles. The molecule has 21 heavy (non-hydrogen) atoms. The van der Waals surface area contributed by atoms with Gasteiger partial charge in [-0.15, -0.1) is 0 Å². The minimum atomic E-state index is -3.04. The summed E-state index contributed by atoms with van der Waals surface area (Å²) >= 11 is 0. The van der Waals surface area contributed by atoms with E-state index in [0.29, 0.717) is 12.1 Å². The molecule has 1 aliphatic rings. The topological polar surface area (TPSA) is 117 Å². The van der Waals surface area contributed by atoms with Crippen molar-refractivity contribution in [2.24, 2.45) is 0 Å². The Morgan fingerprint density at radius 1 is 1.38 bits per heavy atom. The van der Waals surface area contributed by atoms with Crippen LogP contribution >= 0.6 is 0 Å². The number of carbonyl (C=O) groups is 2. The maximum Gasteiger partial charge on any atom is 0.315 e. The van der Waals surface area contributed by atoms with Crippen molar-refractivity contribution in [3.8, 4) is 0 Å². The van der Waals surface area contributed by atoms with Crippen LogP contribution in [-0.2, 0) is 14.6 Å². The van der Waals surface area contributed by atoms with Crippen LogP contribution in [-0.4, -0.2) is 49.4 Å². The molecule has 1 aromatic rings. The third kappa shape index (κ3) is 5.03.